The highest BCUT2D eigenvalue weighted by molar-refractivity contribution is 5.23. The fourth-order valence-electron chi connectivity index (χ4n) is 3.17. The van der Waals surface area contributed by atoms with Crippen LogP contribution in [0.4, 0.5) is 0 Å². The average Bonchev–Trinajstić information content (AvgIpc) is 2.46. The quantitative estimate of drug-likeness (QED) is 0.852. The largest absolute Gasteiger partial charge is 0.394 e. The van der Waals surface area contributed by atoms with Gasteiger partial charge in [0.2, 0.25) is 0 Å². The van der Waals surface area contributed by atoms with E-state index >= 15 is 0 Å². The summed E-state index contributed by atoms with van der Waals surface area (Å²) in [4.78, 5) is 0. The Morgan fingerprint density at radius 2 is 2.00 bits per heavy atom. The molecule has 0 saturated heterocycles. The van der Waals surface area contributed by atoms with Crippen LogP contribution in [-0.4, -0.2) is 18.3 Å². The SMILES string of the molecule is CC1CCCC(CNC(C)(CO)c2ccccc2)C1. The van der Waals surface area contributed by atoms with Crippen LogP contribution in [0.2, 0.25) is 0 Å². The van der Waals surface area contributed by atoms with E-state index in [4.69, 9.17) is 0 Å². The van der Waals surface area contributed by atoms with Crippen molar-refractivity contribution in [3.05, 3.63) is 35.9 Å². The van der Waals surface area contributed by atoms with E-state index in [1.54, 1.807) is 0 Å². The third kappa shape index (κ3) is 3.80. The van der Waals surface area contributed by atoms with E-state index in [1.807, 2.05) is 18.2 Å². The molecule has 0 heterocycles. The average molecular weight is 261 g/mol. The van der Waals surface area contributed by atoms with Crippen LogP contribution in [0.1, 0.15) is 45.1 Å². The van der Waals surface area contributed by atoms with Crippen LogP contribution in [0.15, 0.2) is 30.3 Å². The summed E-state index contributed by atoms with van der Waals surface area (Å²) in [5.41, 5.74) is 0.850. The lowest BCUT2D eigenvalue weighted by Crippen LogP contribution is -2.45. The lowest BCUT2D eigenvalue weighted by molar-refractivity contribution is 0.159. The molecule has 0 aromatic heterocycles. The maximum absolute atomic E-state index is 9.76. The van der Waals surface area contributed by atoms with Crippen LogP contribution >= 0.6 is 0 Å². The van der Waals surface area contributed by atoms with E-state index in [-0.39, 0.29) is 12.1 Å². The van der Waals surface area contributed by atoms with Crippen molar-refractivity contribution in [1.82, 2.24) is 5.32 Å². The van der Waals surface area contributed by atoms with Crippen molar-refractivity contribution < 1.29 is 5.11 Å². The summed E-state index contributed by atoms with van der Waals surface area (Å²) in [5.74, 6) is 1.62. The summed E-state index contributed by atoms with van der Waals surface area (Å²) >= 11 is 0. The molecule has 1 aromatic carbocycles. The van der Waals surface area contributed by atoms with E-state index in [1.165, 1.54) is 31.2 Å². The van der Waals surface area contributed by atoms with E-state index in [0.29, 0.717) is 0 Å². The second-order valence-corrected chi connectivity index (χ2v) is 6.37. The lowest BCUT2D eigenvalue weighted by Gasteiger charge is -2.34. The molecule has 106 valence electrons. The minimum absolute atomic E-state index is 0.138. The monoisotopic (exact) mass is 261 g/mol. The van der Waals surface area contributed by atoms with Crippen LogP contribution in [0.5, 0.6) is 0 Å². The first-order valence-corrected chi connectivity index (χ1v) is 7.55. The Labute approximate surface area is 117 Å². The highest BCUT2D eigenvalue weighted by atomic mass is 16.3. The normalized spacial score (nSPS) is 26.9. The molecule has 2 heteroatoms. The number of aliphatic hydroxyl groups excluding tert-OH is 1. The number of aliphatic hydroxyl groups is 1. The topological polar surface area (TPSA) is 32.3 Å². The Kier molecular flexibility index (Phi) is 5.00. The molecule has 1 aliphatic rings. The Hall–Kier alpha value is -0.860. The van der Waals surface area contributed by atoms with Crippen LogP contribution in [-0.2, 0) is 5.54 Å². The first-order chi connectivity index (χ1) is 9.14. The van der Waals surface area contributed by atoms with Crippen molar-refractivity contribution >= 4 is 0 Å². The van der Waals surface area contributed by atoms with Gasteiger partial charge in [-0.3, -0.25) is 0 Å². The summed E-state index contributed by atoms with van der Waals surface area (Å²) in [6.07, 6.45) is 5.39. The minimum atomic E-state index is -0.318. The fraction of sp³-hybridized carbons (Fsp3) is 0.647. The van der Waals surface area contributed by atoms with Gasteiger partial charge in [0.15, 0.2) is 0 Å². The van der Waals surface area contributed by atoms with Gasteiger partial charge in [-0.05, 0) is 43.7 Å². The molecular formula is C17H27NO. The third-order valence-electron chi connectivity index (χ3n) is 4.55. The van der Waals surface area contributed by atoms with Crippen molar-refractivity contribution in [2.24, 2.45) is 11.8 Å². The molecule has 0 aliphatic heterocycles. The zero-order valence-electron chi connectivity index (χ0n) is 12.2. The molecule has 0 bridgehead atoms. The summed E-state index contributed by atoms with van der Waals surface area (Å²) in [7, 11) is 0. The predicted molar refractivity (Wildman–Crippen MR) is 80.0 cm³/mol. The molecule has 1 aromatic rings. The highest BCUT2D eigenvalue weighted by Gasteiger charge is 2.27. The zero-order chi connectivity index (χ0) is 13.7. The van der Waals surface area contributed by atoms with Gasteiger partial charge in [0.1, 0.15) is 0 Å². The van der Waals surface area contributed by atoms with Gasteiger partial charge < -0.3 is 10.4 Å². The summed E-state index contributed by atoms with van der Waals surface area (Å²) < 4.78 is 0. The molecule has 0 amide bonds. The van der Waals surface area contributed by atoms with E-state index in [0.717, 1.165) is 18.4 Å². The molecule has 19 heavy (non-hydrogen) atoms. The van der Waals surface area contributed by atoms with Crippen molar-refractivity contribution in [2.45, 2.75) is 45.1 Å². The molecule has 0 radical (unpaired) electrons. The molecule has 2 rings (SSSR count). The van der Waals surface area contributed by atoms with Crippen LogP contribution in [0.25, 0.3) is 0 Å². The van der Waals surface area contributed by atoms with E-state index in [2.05, 4.69) is 31.3 Å². The molecule has 3 unspecified atom stereocenters. The third-order valence-corrected chi connectivity index (χ3v) is 4.55. The van der Waals surface area contributed by atoms with Gasteiger partial charge in [-0.2, -0.15) is 0 Å². The molecule has 2 N–H and O–H groups in total. The van der Waals surface area contributed by atoms with Gasteiger partial charge in [-0.1, -0.05) is 50.1 Å². The van der Waals surface area contributed by atoms with Crippen molar-refractivity contribution in [3.8, 4) is 0 Å². The van der Waals surface area contributed by atoms with E-state index < -0.39 is 0 Å². The standard InChI is InChI=1S/C17H27NO/c1-14-7-6-8-15(11-14)12-18-17(2,13-19)16-9-4-3-5-10-16/h3-5,9-10,14-15,18-19H,6-8,11-13H2,1-2H3. The van der Waals surface area contributed by atoms with Gasteiger partial charge in [-0.15, -0.1) is 0 Å². The van der Waals surface area contributed by atoms with E-state index in [9.17, 15) is 5.11 Å². The van der Waals surface area contributed by atoms with Gasteiger partial charge >= 0.3 is 0 Å². The minimum Gasteiger partial charge on any atom is -0.394 e. The zero-order valence-corrected chi connectivity index (χ0v) is 12.2. The molecule has 1 aliphatic carbocycles. The smallest absolute Gasteiger partial charge is 0.0652 e. The molecule has 1 saturated carbocycles. The second-order valence-electron chi connectivity index (χ2n) is 6.37. The van der Waals surface area contributed by atoms with Crippen LogP contribution < -0.4 is 5.32 Å². The Morgan fingerprint density at radius 3 is 2.63 bits per heavy atom. The first kappa shape index (κ1) is 14.5. The van der Waals surface area contributed by atoms with Gasteiger partial charge in [0.05, 0.1) is 12.1 Å². The lowest BCUT2D eigenvalue weighted by atomic mass is 9.81. The summed E-state index contributed by atoms with van der Waals surface area (Å²) in [6, 6.07) is 10.3. The van der Waals surface area contributed by atoms with Crippen molar-refractivity contribution in [3.63, 3.8) is 0 Å². The molecular weight excluding hydrogens is 234 g/mol. The molecule has 2 nitrogen and oxygen atoms in total. The Balaban J connectivity index is 1.95. The highest BCUT2D eigenvalue weighted by Crippen LogP contribution is 2.29. The summed E-state index contributed by atoms with van der Waals surface area (Å²) in [5, 5.41) is 13.4. The molecule has 3 atom stereocenters. The maximum atomic E-state index is 9.76. The molecule has 1 fully saturated rings. The second kappa shape index (κ2) is 6.53. The maximum Gasteiger partial charge on any atom is 0.0652 e. The fourth-order valence-corrected chi connectivity index (χ4v) is 3.17. The number of rotatable bonds is 5. The van der Waals surface area contributed by atoms with Gasteiger partial charge in [-0.25, -0.2) is 0 Å². The number of hydrogen-bond acceptors (Lipinski definition) is 2. The first-order valence-electron chi connectivity index (χ1n) is 7.55. The van der Waals surface area contributed by atoms with Crippen LogP contribution in [0.3, 0.4) is 0 Å². The predicted octanol–water partition coefficient (Wildman–Crippen LogP) is 3.31. The van der Waals surface area contributed by atoms with Crippen molar-refractivity contribution in [1.29, 1.82) is 0 Å². The van der Waals surface area contributed by atoms with Crippen LogP contribution in [0, 0.1) is 11.8 Å². The number of benzene rings is 1. The summed E-state index contributed by atoms with van der Waals surface area (Å²) in [6.45, 7) is 5.60. The van der Waals surface area contributed by atoms with Gasteiger partial charge in [0.25, 0.3) is 0 Å². The Morgan fingerprint density at radius 1 is 1.26 bits per heavy atom. The molecule has 0 spiro atoms. The number of nitrogens with one attached hydrogen (secondary N) is 1. The van der Waals surface area contributed by atoms with Gasteiger partial charge in [0, 0.05) is 0 Å². The van der Waals surface area contributed by atoms with Crippen molar-refractivity contribution in [2.75, 3.05) is 13.2 Å². The Bertz CT molecular complexity index is 378. The number of hydrogen-bond donors (Lipinski definition) is 2.